The summed E-state index contributed by atoms with van der Waals surface area (Å²) < 4.78 is 25.9. The minimum Gasteiger partial charge on any atom is -0.372 e. The molecule has 4 nitrogen and oxygen atoms in total. The molecule has 0 atom stereocenters. The van der Waals surface area contributed by atoms with E-state index in [0.29, 0.717) is 22.1 Å². The normalized spacial score (nSPS) is 11.2. The van der Waals surface area contributed by atoms with E-state index in [0.717, 1.165) is 5.56 Å². The van der Waals surface area contributed by atoms with Crippen molar-refractivity contribution >= 4 is 38.8 Å². The van der Waals surface area contributed by atoms with Crippen LogP contribution in [0.3, 0.4) is 0 Å². The molecule has 22 heavy (non-hydrogen) atoms. The fourth-order valence-electron chi connectivity index (χ4n) is 1.81. The predicted octanol–water partition coefficient (Wildman–Crippen LogP) is 2.71. The minimum absolute atomic E-state index is 0.183. The van der Waals surface area contributed by atoms with Crippen LogP contribution in [0.4, 0.5) is 0 Å². The number of rotatable bonds is 5. The van der Waals surface area contributed by atoms with E-state index in [1.807, 2.05) is 24.3 Å². The van der Waals surface area contributed by atoms with Crippen molar-refractivity contribution in [3.8, 4) is 0 Å². The van der Waals surface area contributed by atoms with Crippen LogP contribution < -0.4 is 10.0 Å². The van der Waals surface area contributed by atoms with Crippen LogP contribution in [0.1, 0.15) is 11.1 Å². The summed E-state index contributed by atoms with van der Waals surface area (Å²) in [4.78, 5) is 0.672. The van der Waals surface area contributed by atoms with Gasteiger partial charge in [-0.25, -0.2) is 13.1 Å². The number of hydrogen-bond donors (Lipinski definition) is 2. The van der Waals surface area contributed by atoms with Crippen molar-refractivity contribution in [2.24, 2.45) is 0 Å². The molecule has 0 aliphatic heterocycles. The van der Waals surface area contributed by atoms with Gasteiger partial charge in [0, 0.05) is 17.1 Å². The van der Waals surface area contributed by atoms with Crippen molar-refractivity contribution in [3.63, 3.8) is 0 Å². The fraction of sp³-hybridized carbons (Fsp3) is 0.133. The van der Waals surface area contributed by atoms with Gasteiger partial charge in [0.1, 0.15) is 4.99 Å². The second-order valence-electron chi connectivity index (χ2n) is 4.54. The van der Waals surface area contributed by atoms with Gasteiger partial charge in [-0.1, -0.05) is 48.1 Å². The van der Waals surface area contributed by atoms with E-state index < -0.39 is 10.0 Å². The summed E-state index contributed by atoms with van der Waals surface area (Å²) in [6, 6.07) is 13.9. The van der Waals surface area contributed by atoms with Crippen molar-refractivity contribution in [2.45, 2.75) is 11.4 Å². The Morgan fingerprint density at radius 1 is 1.18 bits per heavy atom. The Morgan fingerprint density at radius 3 is 2.50 bits per heavy atom. The second kappa shape index (κ2) is 7.19. The molecule has 0 amide bonds. The summed E-state index contributed by atoms with van der Waals surface area (Å²) in [7, 11) is -2.10. The number of benzene rings is 2. The molecule has 0 aromatic heterocycles. The molecule has 0 saturated carbocycles. The third-order valence-electron chi connectivity index (χ3n) is 3.04. The molecule has 0 fully saturated rings. The molecule has 0 bridgehead atoms. The van der Waals surface area contributed by atoms with Crippen LogP contribution in [0.15, 0.2) is 53.4 Å². The Kier molecular flexibility index (Phi) is 5.52. The van der Waals surface area contributed by atoms with Crippen LogP contribution in [0.25, 0.3) is 0 Å². The Hall–Kier alpha value is -1.47. The van der Waals surface area contributed by atoms with Gasteiger partial charge in [0.2, 0.25) is 10.0 Å². The molecule has 7 heteroatoms. The number of thiocarbonyl (C=S) groups is 1. The van der Waals surface area contributed by atoms with Crippen LogP contribution in [0.2, 0.25) is 5.02 Å². The first-order valence-electron chi connectivity index (χ1n) is 6.48. The van der Waals surface area contributed by atoms with Crippen LogP contribution in [-0.2, 0) is 16.6 Å². The highest BCUT2D eigenvalue weighted by molar-refractivity contribution is 7.89. The van der Waals surface area contributed by atoms with E-state index in [2.05, 4.69) is 10.0 Å². The van der Waals surface area contributed by atoms with Crippen molar-refractivity contribution in [2.75, 3.05) is 7.05 Å². The predicted molar refractivity (Wildman–Crippen MR) is 92.7 cm³/mol. The molecule has 0 radical (unpaired) electrons. The number of halogens is 1. The van der Waals surface area contributed by atoms with Crippen molar-refractivity contribution < 1.29 is 8.42 Å². The first-order valence-corrected chi connectivity index (χ1v) is 8.75. The first-order chi connectivity index (χ1) is 10.4. The summed E-state index contributed by atoms with van der Waals surface area (Å²) in [6.45, 7) is 0.541. The Balaban J connectivity index is 2.10. The smallest absolute Gasteiger partial charge is 0.240 e. The number of nitrogens with one attached hydrogen (secondary N) is 2. The molecule has 0 aliphatic rings. The molecule has 0 saturated heterocycles. The molecular weight excluding hydrogens is 340 g/mol. The van der Waals surface area contributed by atoms with Gasteiger partial charge in [0.15, 0.2) is 0 Å². The maximum absolute atomic E-state index is 11.8. The molecule has 0 spiro atoms. The topological polar surface area (TPSA) is 58.2 Å². The lowest BCUT2D eigenvalue weighted by Crippen LogP contribution is -2.23. The zero-order chi connectivity index (χ0) is 16.2. The largest absolute Gasteiger partial charge is 0.372 e. The average molecular weight is 355 g/mol. The third-order valence-corrected chi connectivity index (χ3v) is 5.09. The Labute approximate surface area is 140 Å². The third kappa shape index (κ3) is 4.27. The summed E-state index contributed by atoms with van der Waals surface area (Å²) in [5.74, 6) is 0. The van der Waals surface area contributed by atoms with Crippen LogP contribution >= 0.6 is 23.8 Å². The van der Waals surface area contributed by atoms with Gasteiger partial charge in [0.25, 0.3) is 0 Å². The monoisotopic (exact) mass is 354 g/mol. The Morgan fingerprint density at radius 2 is 1.86 bits per heavy atom. The van der Waals surface area contributed by atoms with Gasteiger partial charge < -0.3 is 5.32 Å². The van der Waals surface area contributed by atoms with Gasteiger partial charge in [-0.15, -0.1) is 0 Å². The van der Waals surface area contributed by atoms with Crippen molar-refractivity contribution in [1.29, 1.82) is 0 Å². The lowest BCUT2D eigenvalue weighted by atomic mass is 10.2. The minimum atomic E-state index is -3.48. The molecular formula is C15H15ClN2O2S2. The second-order valence-corrected chi connectivity index (χ2v) is 7.28. The van der Waals surface area contributed by atoms with Gasteiger partial charge in [-0.3, -0.25) is 0 Å². The lowest BCUT2D eigenvalue weighted by molar-refractivity contribution is 0.588. The first kappa shape index (κ1) is 16.9. The highest BCUT2D eigenvalue weighted by Gasteiger charge is 2.12. The van der Waals surface area contributed by atoms with E-state index in [-0.39, 0.29) is 4.90 Å². The average Bonchev–Trinajstić information content (AvgIpc) is 2.54. The van der Waals surface area contributed by atoms with E-state index in [9.17, 15) is 8.42 Å². The van der Waals surface area contributed by atoms with Gasteiger partial charge in [-0.05, 0) is 36.9 Å². The van der Waals surface area contributed by atoms with Crippen LogP contribution in [0.5, 0.6) is 0 Å². The zero-order valence-corrected chi connectivity index (χ0v) is 14.2. The number of sulfonamides is 1. The van der Waals surface area contributed by atoms with E-state index >= 15 is 0 Å². The van der Waals surface area contributed by atoms with Crippen LogP contribution in [0, 0.1) is 0 Å². The molecule has 0 unspecified atom stereocenters. The lowest BCUT2D eigenvalue weighted by Gasteiger charge is -2.10. The maximum atomic E-state index is 11.8. The quantitative estimate of drug-likeness (QED) is 0.810. The van der Waals surface area contributed by atoms with Crippen molar-refractivity contribution in [3.05, 3.63) is 64.7 Å². The summed E-state index contributed by atoms with van der Waals surface area (Å²) in [5.41, 5.74) is 1.69. The molecule has 2 N–H and O–H groups in total. The molecule has 116 valence electrons. The highest BCUT2D eigenvalue weighted by Crippen LogP contribution is 2.13. The molecule has 0 aliphatic carbocycles. The maximum Gasteiger partial charge on any atom is 0.240 e. The zero-order valence-electron chi connectivity index (χ0n) is 11.8. The molecule has 2 rings (SSSR count). The van der Waals surface area contributed by atoms with E-state index in [1.165, 1.54) is 13.1 Å². The van der Waals surface area contributed by atoms with E-state index in [4.69, 9.17) is 23.8 Å². The highest BCUT2D eigenvalue weighted by atomic mass is 35.5. The van der Waals surface area contributed by atoms with Crippen LogP contribution in [-0.4, -0.2) is 20.5 Å². The fourth-order valence-corrected chi connectivity index (χ4v) is 2.91. The SMILES string of the molecule is CNS(=O)(=O)c1cccc(C(=S)NCc2ccc(Cl)cc2)c1. The number of hydrogen-bond acceptors (Lipinski definition) is 3. The molecule has 2 aromatic carbocycles. The summed E-state index contributed by atoms with van der Waals surface area (Å²) in [6.07, 6.45) is 0. The van der Waals surface area contributed by atoms with E-state index in [1.54, 1.807) is 18.2 Å². The van der Waals surface area contributed by atoms with Gasteiger partial charge >= 0.3 is 0 Å². The summed E-state index contributed by atoms with van der Waals surface area (Å²) in [5, 5.41) is 3.78. The molecule has 0 heterocycles. The van der Waals surface area contributed by atoms with Gasteiger partial charge in [-0.2, -0.15) is 0 Å². The summed E-state index contributed by atoms with van der Waals surface area (Å²) >= 11 is 11.1. The standard InChI is InChI=1S/C15H15ClN2O2S2/c1-17-22(19,20)14-4-2-3-12(9-14)15(21)18-10-11-5-7-13(16)8-6-11/h2-9,17H,10H2,1H3,(H,18,21). The molecule has 2 aromatic rings. The van der Waals surface area contributed by atoms with Crippen molar-refractivity contribution in [1.82, 2.24) is 10.0 Å². The Bertz CT molecular complexity index is 774. The van der Waals surface area contributed by atoms with Gasteiger partial charge in [0.05, 0.1) is 4.90 Å².